The number of ether oxygens (including phenoxy) is 2. The lowest BCUT2D eigenvalue weighted by Gasteiger charge is -2.26. The average molecular weight is 305 g/mol. The minimum atomic E-state index is -0.153. The van der Waals surface area contributed by atoms with E-state index in [0.717, 1.165) is 31.1 Å². The molecule has 0 radical (unpaired) electrons. The van der Waals surface area contributed by atoms with Gasteiger partial charge in [0.1, 0.15) is 6.61 Å². The first kappa shape index (κ1) is 15.0. The van der Waals surface area contributed by atoms with Crippen LogP contribution in [-0.2, 0) is 0 Å². The molecule has 1 aromatic rings. The van der Waals surface area contributed by atoms with Gasteiger partial charge in [0.15, 0.2) is 17.6 Å². The second-order valence-corrected chi connectivity index (χ2v) is 5.68. The molecule has 1 fully saturated rings. The number of rotatable bonds is 5. The molecule has 0 aliphatic carbocycles. The second kappa shape index (κ2) is 7.35. The summed E-state index contributed by atoms with van der Waals surface area (Å²) in [6.07, 6.45) is 2.39. The fraction of sp³-hybridized carbons (Fsp3) is 0.562. The molecule has 0 unspecified atom stereocenters. The Labute approximate surface area is 130 Å². The number of carbonyl (C=O) groups is 1. The number of likely N-dealkylation sites (tertiary alicyclic amines) is 1. The van der Waals surface area contributed by atoms with Gasteiger partial charge in [0.25, 0.3) is 0 Å². The summed E-state index contributed by atoms with van der Waals surface area (Å²) in [6.45, 7) is 4.78. The normalized spacial score (nSPS) is 20.6. The van der Waals surface area contributed by atoms with Crippen LogP contribution in [0.3, 0.4) is 0 Å². The fourth-order valence-corrected chi connectivity index (χ4v) is 2.77. The maximum absolute atomic E-state index is 11.8. The largest absolute Gasteiger partial charge is 0.486 e. The molecule has 1 saturated heterocycles. The van der Waals surface area contributed by atoms with E-state index in [1.807, 2.05) is 24.3 Å². The van der Waals surface area contributed by atoms with Crippen molar-refractivity contribution in [2.45, 2.75) is 18.9 Å². The highest BCUT2D eigenvalue weighted by Crippen LogP contribution is 2.30. The van der Waals surface area contributed by atoms with Crippen molar-refractivity contribution in [3.63, 3.8) is 0 Å². The number of carbonyl (C=O) groups excluding carboxylic acids is 1. The third kappa shape index (κ3) is 4.04. The SMILES string of the molecule is O=C(NCCN1CCCC1)NC[C@H]1COc2ccccc2O1. The molecule has 2 amide bonds. The van der Waals surface area contributed by atoms with Gasteiger partial charge in [-0.3, -0.25) is 0 Å². The minimum Gasteiger partial charge on any atom is -0.486 e. The van der Waals surface area contributed by atoms with Gasteiger partial charge in [-0.1, -0.05) is 12.1 Å². The molecule has 2 aliphatic heterocycles. The summed E-state index contributed by atoms with van der Waals surface area (Å²) >= 11 is 0. The third-order valence-corrected chi connectivity index (χ3v) is 3.97. The minimum absolute atomic E-state index is 0.151. The summed E-state index contributed by atoms with van der Waals surface area (Å²) in [7, 11) is 0. The van der Waals surface area contributed by atoms with E-state index in [4.69, 9.17) is 9.47 Å². The van der Waals surface area contributed by atoms with Crippen LogP contribution in [0.5, 0.6) is 11.5 Å². The molecule has 0 spiro atoms. The molecule has 1 atom stereocenters. The zero-order chi connectivity index (χ0) is 15.2. The van der Waals surface area contributed by atoms with E-state index in [0.29, 0.717) is 19.7 Å². The summed E-state index contributed by atoms with van der Waals surface area (Å²) in [5.74, 6) is 1.49. The molecular formula is C16H23N3O3. The Morgan fingerprint density at radius 3 is 2.77 bits per heavy atom. The van der Waals surface area contributed by atoms with Crippen LogP contribution in [-0.4, -0.2) is 56.4 Å². The first-order chi connectivity index (χ1) is 10.8. The first-order valence-corrected chi connectivity index (χ1v) is 7.94. The number of amides is 2. The highest BCUT2D eigenvalue weighted by atomic mass is 16.6. The van der Waals surface area contributed by atoms with Gasteiger partial charge in [-0.25, -0.2) is 4.79 Å². The lowest BCUT2D eigenvalue weighted by Crippen LogP contribution is -2.45. The molecular weight excluding hydrogens is 282 g/mol. The molecule has 3 rings (SSSR count). The second-order valence-electron chi connectivity index (χ2n) is 5.68. The number of urea groups is 1. The molecule has 2 heterocycles. The van der Waals surface area contributed by atoms with E-state index in [9.17, 15) is 4.79 Å². The van der Waals surface area contributed by atoms with E-state index in [1.54, 1.807) is 0 Å². The molecule has 2 N–H and O–H groups in total. The van der Waals surface area contributed by atoms with Crippen LogP contribution in [0.1, 0.15) is 12.8 Å². The number of para-hydroxylation sites is 2. The van der Waals surface area contributed by atoms with Crippen molar-refractivity contribution in [2.24, 2.45) is 0 Å². The van der Waals surface area contributed by atoms with E-state index >= 15 is 0 Å². The Kier molecular flexibility index (Phi) is 5.00. The maximum atomic E-state index is 11.8. The Balaban J connectivity index is 1.33. The number of benzene rings is 1. The fourth-order valence-electron chi connectivity index (χ4n) is 2.77. The molecule has 6 nitrogen and oxygen atoms in total. The summed E-state index contributed by atoms with van der Waals surface area (Å²) in [4.78, 5) is 14.1. The van der Waals surface area contributed by atoms with E-state index in [1.165, 1.54) is 12.8 Å². The van der Waals surface area contributed by atoms with Gasteiger partial charge in [0.2, 0.25) is 0 Å². The average Bonchev–Trinajstić information content (AvgIpc) is 3.06. The summed E-state index contributed by atoms with van der Waals surface area (Å²) < 4.78 is 11.4. The van der Waals surface area contributed by atoms with Gasteiger partial charge >= 0.3 is 6.03 Å². The monoisotopic (exact) mass is 305 g/mol. The number of nitrogens with zero attached hydrogens (tertiary/aromatic N) is 1. The summed E-state index contributed by atoms with van der Waals surface area (Å²) in [5.41, 5.74) is 0. The van der Waals surface area contributed by atoms with E-state index < -0.39 is 0 Å². The zero-order valence-corrected chi connectivity index (χ0v) is 12.7. The predicted molar refractivity (Wildman–Crippen MR) is 83.4 cm³/mol. The van der Waals surface area contributed by atoms with Crippen molar-refractivity contribution in [1.82, 2.24) is 15.5 Å². The highest BCUT2D eigenvalue weighted by molar-refractivity contribution is 5.73. The van der Waals surface area contributed by atoms with Crippen molar-refractivity contribution in [3.05, 3.63) is 24.3 Å². The topological polar surface area (TPSA) is 62.8 Å². The third-order valence-electron chi connectivity index (χ3n) is 3.97. The lowest BCUT2D eigenvalue weighted by atomic mass is 10.2. The van der Waals surface area contributed by atoms with Gasteiger partial charge in [-0.15, -0.1) is 0 Å². The number of hydrogen-bond donors (Lipinski definition) is 2. The van der Waals surface area contributed by atoms with Crippen molar-refractivity contribution in [2.75, 3.05) is 39.3 Å². The molecule has 22 heavy (non-hydrogen) atoms. The number of fused-ring (bicyclic) bond motifs is 1. The molecule has 120 valence electrons. The standard InChI is InChI=1S/C16H23N3O3/c20-16(17-7-10-19-8-3-4-9-19)18-11-13-12-21-14-5-1-2-6-15(14)22-13/h1-2,5-6,13H,3-4,7-12H2,(H2,17,18,20)/t13-/m0/s1. The van der Waals surface area contributed by atoms with Gasteiger partial charge in [-0.05, 0) is 38.1 Å². The van der Waals surface area contributed by atoms with E-state index in [-0.39, 0.29) is 12.1 Å². The maximum Gasteiger partial charge on any atom is 0.314 e. The molecule has 1 aromatic carbocycles. The highest BCUT2D eigenvalue weighted by Gasteiger charge is 2.21. The van der Waals surface area contributed by atoms with Gasteiger partial charge < -0.3 is 25.0 Å². The quantitative estimate of drug-likeness (QED) is 0.859. The van der Waals surface area contributed by atoms with Crippen LogP contribution in [0.2, 0.25) is 0 Å². The Bertz CT molecular complexity index is 503. The zero-order valence-electron chi connectivity index (χ0n) is 12.7. The van der Waals surface area contributed by atoms with Crippen molar-refractivity contribution in [1.29, 1.82) is 0 Å². The van der Waals surface area contributed by atoms with Crippen molar-refractivity contribution in [3.8, 4) is 11.5 Å². The number of nitrogens with one attached hydrogen (secondary N) is 2. The first-order valence-electron chi connectivity index (χ1n) is 7.94. The Hall–Kier alpha value is -1.95. The lowest BCUT2D eigenvalue weighted by molar-refractivity contribution is 0.0918. The molecule has 2 aliphatic rings. The van der Waals surface area contributed by atoms with Crippen molar-refractivity contribution >= 4 is 6.03 Å². The van der Waals surface area contributed by atoms with Crippen LogP contribution in [0, 0.1) is 0 Å². The Morgan fingerprint density at radius 2 is 1.95 bits per heavy atom. The van der Waals surface area contributed by atoms with Crippen LogP contribution < -0.4 is 20.1 Å². The van der Waals surface area contributed by atoms with Gasteiger partial charge in [0, 0.05) is 13.1 Å². The van der Waals surface area contributed by atoms with Gasteiger partial charge in [-0.2, -0.15) is 0 Å². The summed E-state index contributed by atoms with van der Waals surface area (Å²) in [6, 6.07) is 7.42. The van der Waals surface area contributed by atoms with Crippen LogP contribution in [0.25, 0.3) is 0 Å². The predicted octanol–water partition coefficient (Wildman–Crippen LogP) is 1.22. The molecule has 0 saturated carbocycles. The molecule has 0 aromatic heterocycles. The van der Waals surface area contributed by atoms with E-state index in [2.05, 4.69) is 15.5 Å². The summed E-state index contributed by atoms with van der Waals surface area (Å²) in [5, 5.41) is 5.72. The van der Waals surface area contributed by atoms with Crippen molar-refractivity contribution < 1.29 is 14.3 Å². The molecule has 6 heteroatoms. The van der Waals surface area contributed by atoms with Gasteiger partial charge in [0.05, 0.1) is 6.54 Å². The molecule has 0 bridgehead atoms. The number of hydrogen-bond acceptors (Lipinski definition) is 4. The Morgan fingerprint density at radius 1 is 1.18 bits per heavy atom. The smallest absolute Gasteiger partial charge is 0.314 e. The van der Waals surface area contributed by atoms with Crippen LogP contribution in [0.15, 0.2) is 24.3 Å². The van der Waals surface area contributed by atoms with Crippen LogP contribution in [0.4, 0.5) is 4.79 Å². The van der Waals surface area contributed by atoms with Crippen LogP contribution >= 0.6 is 0 Å².